The van der Waals surface area contributed by atoms with Crippen molar-refractivity contribution in [2.75, 3.05) is 6.54 Å². The molecule has 0 spiro atoms. The molecule has 1 atom stereocenters. The number of hydrogen-bond donors (Lipinski definition) is 0. The second kappa shape index (κ2) is 6.95. The van der Waals surface area contributed by atoms with Crippen molar-refractivity contribution >= 4 is 5.91 Å². The molecule has 2 heteroatoms. The Labute approximate surface area is 124 Å². The zero-order chi connectivity index (χ0) is 13.8. The van der Waals surface area contributed by atoms with Crippen LogP contribution in [0.25, 0.3) is 0 Å². The van der Waals surface area contributed by atoms with E-state index in [2.05, 4.69) is 4.90 Å². The lowest BCUT2D eigenvalue weighted by atomic mass is 9.86. The molecule has 0 aromatic heterocycles. The maximum atomic E-state index is 12.6. The molecule has 0 bridgehead atoms. The van der Waals surface area contributed by atoms with E-state index in [1.165, 1.54) is 70.6 Å². The third kappa shape index (κ3) is 3.38. The Morgan fingerprint density at radius 3 is 2.30 bits per heavy atom. The van der Waals surface area contributed by atoms with E-state index in [0.717, 1.165) is 31.2 Å². The average molecular weight is 277 g/mol. The summed E-state index contributed by atoms with van der Waals surface area (Å²) < 4.78 is 0. The number of rotatable bonds is 4. The largest absolute Gasteiger partial charge is 0.339 e. The van der Waals surface area contributed by atoms with Crippen LogP contribution in [-0.2, 0) is 4.79 Å². The van der Waals surface area contributed by atoms with Gasteiger partial charge in [-0.3, -0.25) is 4.79 Å². The van der Waals surface area contributed by atoms with Gasteiger partial charge in [0.15, 0.2) is 0 Å². The van der Waals surface area contributed by atoms with Crippen molar-refractivity contribution in [1.82, 2.24) is 4.90 Å². The minimum atomic E-state index is 0.477. The Hall–Kier alpha value is -0.530. The molecule has 0 aromatic rings. The Balaban J connectivity index is 1.47. The van der Waals surface area contributed by atoms with E-state index in [1.54, 1.807) is 0 Å². The summed E-state index contributed by atoms with van der Waals surface area (Å²) in [5.41, 5.74) is 0. The average Bonchev–Trinajstić information content (AvgIpc) is 3.15. The van der Waals surface area contributed by atoms with Gasteiger partial charge in [0.2, 0.25) is 5.91 Å². The van der Waals surface area contributed by atoms with Gasteiger partial charge in [-0.05, 0) is 43.9 Å². The van der Waals surface area contributed by atoms with Gasteiger partial charge in [-0.15, -0.1) is 0 Å². The molecule has 0 aromatic carbocycles. The number of amides is 1. The summed E-state index contributed by atoms with van der Waals surface area (Å²) in [6, 6.07) is 0.608. The molecule has 2 saturated carbocycles. The Bertz CT molecular complexity index is 315. The third-order valence-electron chi connectivity index (χ3n) is 6.05. The summed E-state index contributed by atoms with van der Waals surface area (Å²) in [6.45, 7) is 1.05. The van der Waals surface area contributed by atoms with Crippen LogP contribution < -0.4 is 0 Å². The van der Waals surface area contributed by atoms with Gasteiger partial charge in [-0.1, -0.05) is 44.9 Å². The Morgan fingerprint density at radius 2 is 1.55 bits per heavy atom. The van der Waals surface area contributed by atoms with Crippen molar-refractivity contribution in [1.29, 1.82) is 0 Å². The van der Waals surface area contributed by atoms with E-state index in [4.69, 9.17) is 0 Å². The van der Waals surface area contributed by atoms with Gasteiger partial charge in [-0.2, -0.15) is 0 Å². The molecule has 0 radical (unpaired) electrons. The first-order valence-corrected chi connectivity index (χ1v) is 9.14. The van der Waals surface area contributed by atoms with Crippen molar-refractivity contribution in [2.45, 2.75) is 89.5 Å². The standard InChI is InChI=1S/C18H31NO/c20-18(13-12-15-7-2-1-3-8-15)19-14-6-11-17(19)16-9-4-5-10-16/h15-17H,1-14H2. The molecule has 1 saturated heterocycles. The summed E-state index contributed by atoms with van der Waals surface area (Å²) in [6.07, 6.45) is 17.0. The van der Waals surface area contributed by atoms with Crippen molar-refractivity contribution in [3.63, 3.8) is 0 Å². The van der Waals surface area contributed by atoms with Gasteiger partial charge in [0.25, 0.3) is 0 Å². The predicted molar refractivity (Wildman–Crippen MR) is 82.5 cm³/mol. The van der Waals surface area contributed by atoms with Crippen LogP contribution in [0.2, 0.25) is 0 Å². The third-order valence-corrected chi connectivity index (χ3v) is 6.05. The SMILES string of the molecule is O=C(CCC1CCCCC1)N1CCCC1C1CCCC1. The fraction of sp³-hybridized carbons (Fsp3) is 0.944. The van der Waals surface area contributed by atoms with Gasteiger partial charge in [-0.25, -0.2) is 0 Å². The van der Waals surface area contributed by atoms with E-state index in [9.17, 15) is 4.79 Å². The summed E-state index contributed by atoms with van der Waals surface area (Å²) >= 11 is 0. The first-order chi connectivity index (χ1) is 9.84. The predicted octanol–water partition coefficient (Wildman–Crippen LogP) is 4.53. The zero-order valence-corrected chi connectivity index (χ0v) is 13.0. The molecule has 1 aliphatic heterocycles. The fourth-order valence-electron chi connectivity index (χ4n) is 4.88. The number of hydrogen-bond acceptors (Lipinski definition) is 1. The molecule has 1 heterocycles. The van der Waals surface area contributed by atoms with Gasteiger partial charge in [0.05, 0.1) is 0 Å². The van der Waals surface area contributed by atoms with Crippen LogP contribution in [0.1, 0.15) is 83.5 Å². The molecular formula is C18H31NO. The molecule has 3 aliphatic rings. The van der Waals surface area contributed by atoms with Crippen LogP contribution in [0.4, 0.5) is 0 Å². The number of carbonyl (C=O) groups excluding carboxylic acids is 1. The van der Waals surface area contributed by atoms with Crippen molar-refractivity contribution in [2.24, 2.45) is 11.8 Å². The monoisotopic (exact) mass is 277 g/mol. The lowest BCUT2D eigenvalue weighted by Gasteiger charge is -2.30. The molecule has 1 amide bonds. The van der Waals surface area contributed by atoms with Gasteiger partial charge in [0, 0.05) is 19.0 Å². The lowest BCUT2D eigenvalue weighted by molar-refractivity contribution is -0.133. The molecule has 114 valence electrons. The summed E-state index contributed by atoms with van der Waals surface area (Å²) in [5, 5.41) is 0. The fourth-order valence-corrected chi connectivity index (χ4v) is 4.88. The molecule has 3 fully saturated rings. The minimum Gasteiger partial charge on any atom is -0.339 e. The van der Waals surface area contributed by atoms with E-state index < -0.39 is 0 Å². The molecule has 20 heavy (non-hydrogen) atoms. The summed E-state index contributed by atoms with van der Waals surface area (Å²) in [7, 11) is 0. The maximum Gasteiger partial charge on any atom is 0.222 e. The Morgan fingerprint density at radius 1 is 0.850 bits per heavy atom. The minimum absolute atomic E-state index is 0.477. The van der Waals surface area contributed by atoms with Gasteiger partial charge >= 0.3 is 0 Å². The Kier molecular flexibility index (Phi) is 5.01. The van der Waals surface area contributed by atoms with Gasteiger partial charge < -0.3 is 4.90 Å². The summed E-state index contributed by atoms with van der Waals surface area (Å²) in [5.74, 6) is 2.15. The second-order valence-electron chi connectivity index (χ2n) is 7.38. The van der Waals surface area contributed by atoms with Gasteiger partial charge in [0.1, 0.15) is 0 Å². The van der Waals surface area contributed by atoms with Crippen LogP contribution in [-0.4, -0.2) is 23.4 Å². The highest BCUT2D eigenvalue weighted by atomic mass is 16.2. The van der Waals surface area contributed by atoms with E-state index in [-0.39, 0.29) is 0 Å². The number of likely N-dealkylation sites (tertiary alicyclic amines) is 1. The highest BCUT2D eigenvalue weighted by Gasteiger charge is 2.35. The van der Waals surface area contributed by atoms with Crippen molar-refractivity contribution < 1.29 is 4.79 Å². The molecule has 2 aliphatic carbocycles. The molecule has 2 nitrogen and oxygen atoms in total. The van der Waals surface area contributed by atoms with E-state index in [1.807, 2.05) is 0 Å². The van der Waals surface area contributed by atoms with Crippen LogP contribution in [0.3, 0.4) is 0 Å². The number of carbonyl (C=O) groups is 1. The highest BCUT2D eigenvalue weighted by Crippen LogP contribution is 2.36. The highest BCUT2D eigenvalue weighted by molar-refractivity contribution is 5.76. The molecule has 1 unspecified atom stereocenters. The summed E-state index contributed by atoms with van der Waals surface area (Å²) in [4.78, 5) is 14.9. The molecule has 3 rings (SSSR count). The lowest BCUT2D eigenvalue weighted by Crippen LogP contribution is -2.39. The van der Waals surface area contributed by atoms with E-state index >= 15 is 0 Å². The first-order valence-electron chi connectivity index (χ1n) is 9.14. The van der Waals surface area contributed by atoms with Crippen molar-refractivity contribution in [3.8, 4) is 0 Å². The van der Waals surface area contributed by atoms with Crippen LogP contribution in [0.5, 0.6) is 0 Å². The topological polar surface area (TPSA) is 20.3 Å². The smallest absolute Gasteiger partial charge is 0.222 e. The molecule has 0 N–H and O–H groups in total. The van der Waals surface area contributed by atoms with Crippen LogP contribution in [0, 0.1) is 11.8 Å². The molecular weight excluding hydrogens is 246 g/mol. The maximum absolute atomic E-state index is 12.6. The van der Waals surface area contributed by atoms with Crippen molar-refractivity contribution in [3.05, 3.63) is 0 Å². The zero-order valence-electron chi connectivity index (χ0n) is 13.0. The number of nitrogens with zero attached hydrogens (tertiary/aromatic N) is 1. The van der Waals surface area contributed by atoms with Crippen LogP contribution in [0.15, 0.2) is 0 Å². The second-order valence-corrected chi connectivity index (χ2v) is 7.38. The normalized spacial score (nSPS) is 29.2. The van der Waals surface area contributed by atoms with E-state index in [0.29, 0.717) is 11.9 Å². The first kappa shape index (κ1) is 14.4. The quantitative estimate of drug-likeness (QED) is 0.739. The van der Waals surface area contributed by atoms with Crippen LogP contribution >= 0.6 is 0 Å².